The van der Waals surface area contributed by atoms with Crippen LogP contribution in [0.3, 0.4) is 0 Å². The van der Waals surface area contributed by atoms with E-state index in [2.05, 4.69) is 48.4 Å². The number of halogens is 52. The van der Waals surface area contributed by atoms with Gasteiger partial charge in [-0.2, -0.15) is 111 Å². The normalized spacial score (nSPS) is 15.9. The highest BCUT2D eigenvalue weighted by atomic mass is 19.4. The zero-order valence-corrected chi connectivity index (χ0v) is 62.9. The first-order chi connectivity index (χ1) is 56.7. The Morgan fingerprint density at radius 3 is 0.683 bits per heavy atom. The molecule has 0 radical (unpaired) electrons. The van der Waals surface area contributed by atoms with Crippen LogP contribution in [0.4, 0.5) is 228 Å². The molecule has 2 fully saturated rings. The van der Waals surface area contributed by atoms with Crippen molar-refractivity contribution in [2.75, 3.05) is 13.6 Å². The van der Waals surface area contributed by atoms with E-state index in [1.807, 2.05) is 0 Å². The number of allylic oxidation sites excluding steroid dienone is 2. The Bertz CT molecular complexity index is 4760. The number of morpholine rings is 2. The van der Waals surface area contributed by atoms with E-state index >= 15 is 0 Å². The summed E-state index contributed by atoms with van der Waals surface area (Å²) < 4.78 is 658. The number of likely N-dealkylation sites (N-methyl/N-ethyl adjacent to an activating group) is 2. The summed E-state index contributed by atoms with van der Waals surface area (Å²) in [5.74, 6) is -69.7. The number of hydrogen-bond acceptors (Lipinski definition) is 4. The van der Waals surface area contributed by atoms with E-state index in [-0.39, 0.29) is 20.4 Å². The maximum atomic E-state index is 13.8. The number of rotatable bonds is 7. The minimum absolute atomic E-state index is 0.0570. The minimum Gasteiger partial charge on any atom is -0.243 e. The monoisotopic (exact) mass is 1930 g/mol. The maximum absolute atomic E-state index is 13.8. The van der Waals surface area contributed by atoms with Crippen molar-refractivity contribution in [2.45, 2.75) is 143 Å². The second-order valence-electron chi connectivity index (χ2n) is 24.1. The fourth-order valence-electron chi connectivity index (χ4n) is 8.95. The zero-order chi connectivity index (χ0) is 99.8. The Hall–Kier alpha value is -9.78. The Labute approximate surface area is 669 Å². The van der Waals surface area contributed by atoms with Gasteiger partial charge < -0.3 is 0 Å². The minimum atomic E-state index is -5.70. The molecule has 126 heavy (non-hydrogen) atoms. The molecule has 2 aliphatic rings. The fraction of sp³-hybridized carbons (Fsp3) is 0.343. The lowest BCUT2D eigenvalue weighted by Gasteiger charge is -2.46. The third kappa shape index (κ3) is 23.8. The molecule has 4 nitrogen and oxygen atoms in total. The van der Waals surface area contributed by atoms with Gasteiger partial charge in [-0.25, -0.2) is 137 Å². The van der Waals surface area contributed by atoms with Crippen LogP contribution in [-0.2, 0) is 28.7 Å². The zero-order valence-electron chi connectivity index (χ0n) is 62.9. The molecule has 0 aliphatic carbocycles. The summed E-state index contributed by atoms with van der Waals surface area (Å²) in [7, 11) is -0.260. The lowest BCUT2D eigenvalue weighted by atomic mass is 9.98. The van der Waals surface area contributed by atoms with Crippen molar-refractivity contribution in [3.63, 3.8) is 0 Å². The van der Waals surface area contributed by atoms with Crippen molar-refractivity contribution in [3.05, 3.63) is 244 Å². The van der Waals surface area contributed by atoms with Crippen LogP contribution in [0.2, 0.25) is 0 Å². The van der Waals surface area contributed by atoms with Crippen LogP contribution in [0.25, 0.3) is 22.3 Å². The Morgan fingerprint density at radius 2 is 0.484 bits per heavy atom. The van der Waals surface area contributed by atoms with Crippen molar-refractivity contribution in [1.29, 1.82) is 0 Å². The van der Waals surface area contributed by atoms with E-state index in [0.717, 1.165) is 20.3 Å². The SMILES string of the molecule is CC(F)(F)C(F)=C(F)F.CC(F)=C(F)F.CCN1C(F)(F)C(F)(F)OC(F)(F)C1(F)F.CCc1c(F)c(F)c(-c2c(F)c(F)c(F)c(F)c2F)c(F)c1F.CCc1c(F)c(F)c(F)c(F)c1F.CCc1cc(C)cc(C)c1.CN1C(F)(F)C(F)(F)OC(F)(F)C1(F)F.Cc1c(F)c(F)c(-c2c(F)c(F)c(F)c(F)c2F)c(F)c1F.Cc1c(F)c(F)c(F)c(F)c1F. The molecule has 2 saturated heterocycles. The molecule has 0 atom stereocenters. The van der Waals surface area contributed by atoms with Crippen LogP contribution < -0.4 is 0 Å². The average Bonchev–Trinajstić information content (AvgIpc) is 0.713. The van der Waals surface area contributed by atoms with Crippen molar-refractivity contribution >= 4 is 0 Å². The summed E-state index contributed by atoms with van der Waals surface area (Å²) in [6.07, 6.45) is -27.6. The Kier molecular flexibility index (Phi) is 38.5. The number of alkyl halides is 18. The summed E-state index contributed by atoms with van der Waals surface area (Å²) in [5, 5.41) is 0. The first-order valence-electron chi connectivity index (χ1n) is 32.2. The standard InChI is InChI=1S/C14H5F9.C13H3F9.C10H14.C8H5F5.C7H3F5.C6H5F8NO.C5H3F8NO.C4H3F5.C3H3F3/c1-2-3-6(15)8(17)4(9(18)7(3)16)5-10(19)12(21)14(23)13(22)11(5)20;1-2-5(14)7(16)3(8(17)6(2)15)4-9(18)11(20)13(22)12(21)10(4)19;1-4-10-6-8(2)5-9(3)7-10;1-2-3-4(9)6(11)8(13)7(12)5(3)10;1-2-3(8)5(10)7(12)6(11)4(2)9;1-2-15-3(7,8)5(11,12)16-6(13,14)4(15,9)10;1-14-2(6,7)4(10,11)15-5(12,13)3(14,8)9;1-4(8,9)2(5)3(6)7;1-2(4)3(5)6/h2H2,1H3;1H3;5-7H,4H2,1-3H3;2H2,1H3;1H3;2H2,1H3;1H3;1H3;1H3. The van der Waals surface area contributed by atoms with Gasteiger partial charge in [0.05, 0.1) is 22.3 Å². The second kappa shape index (κ2) is 42.4. The van der Waals surface area contributed by atoms with Gasteiger partial charge in [-0.3, -0.25) is 0 Å². The third-order valence-electron chi connectivity index (χ3n) is 15.4. The van der Waals surface area contributed by atoms with Crippen molar-refractivity contribution < 1.29 is 238 Å². The fourth-order valence-corrected chi connectivity index (χ4v) is 8.95. The van der Waals surface area contributed by atoms with Gasteiger partial charge in [0.25, 0.3) is 0 Å². The van der Waals surface area contributed by atoms with E-state index in [0.29, 0.717) is 20.8 Å². The summed E-state index contributed by atoms with van der Waals surface area (Å²) in [5.41, 5.74) is -7.89. The van der Waals surface area contributed by atoms with Gasteiger partial charge in [-0.1, -0.05) is 57.0 Å². The molecule has 0 unspecified atom stereocenters. The van der Waals surface area contributed by atoms with Gasteiger partial charge in [0.1, 0.15) is 0 Å². The van der Waals surface area contributed by atoms with Crippen LogP contribution in [0.5, 0.6) is 0 Å². The van der Waals surface area contributed by atoms with Crippen LogP contribution in [0.1, 0.15) is 80.5 Å². The average molecular weight is 1930 g/mol. The largest absolute Gasteiger partial charge is 0.439 e. The van der Waals surface area contributed by atoms with Gasteiger partial charge in [0, 0.05) is 35.7 Å². The molecule has 7 aromatic carbocycles. The predicted octanol–water partition coefficient (Wildman–Crippen LogP) is 28.4. The molecule has 0 N–H and O–H groups in total. The van der Waals surface area contributed by atoms with Crippen molar-refractivity contribution in [3.8, 4) is 22.3 Å². The van der Waals surface area contributed by atoms with Crippen molar-refractivity contribution in [1.82, 2.24) is 9.80 Å². The van der Waals surface area contributed by atoms with Crippen LogP contribution in [-0.4, -0.2) is 77.9 Å². The first-order valence-corrected chi connectivity index (χ1v) is 32.2. The van der Waals surface area contributed by atoms with Gasteiger partial charge in [-0.15, -0.1) is 0 Å². The molecular weight excluding hydrogens is 1890 g/mol. The molecule has 0 bridgehead atoms. The van der Waals surface area contributed by atoms with Gasteiger partial charge in [0.2, 0.25) is 29.1 Å². The highest BCUT2D eigenvalue weighted by Crippen LogP contribution is 2.57. The van der Waals surface area contributed by atoms with Crippen LogP contribution in [0.15, 0.2) is 42.0 Å². The molecule has 0 amide bonds. The molecule has 710 valence electrons. The quantitative estimate of drug-likeness (QED) is 0.0687. The molecular formula is C70H44F52N2O2. The highest BCUT2D eigenvalue weighted by molar-refractivity contribution is 5.69. The van der Waals surface area contributed by atoms with E-state index < -0.39 is 309 Å². The number of ether oxygens (including phenoxy) is 2. The van der Waals surface area contributed by atoms with Crippen LogP contribution in [0, 0.1) is 191 Å². The van der Waals surface area contributed by atoms with Gasteiger partial charge in [0.15, 0.2) is 145 Å². The summed E-state index contributed by atoms with van der Waals surface area (Å²) >= 11 is 0. The molecule has 0 aromatic heterocycles. The van der Waals surface area contributed by atoms with Gasteiger partial charge in [-0.05, 0) is 66.5 Å². The van der Waals surface area contributed by atoms with Crippen molar-refractivity contribution in [2.24, 2.45) is 0 Å². The Morgan fingerprint density at radius 1 is 0.294 bits per heavy atom. The predicted molar refractivity (Wildman–Crippen MR) is 328 cm³/mol. The topological polar surface area (TPSA) is 24.9 Å². The second-order valence-corrected chi connectivity index (χ2v) is 24.1. The van der Waals surface area contributed by atoms with E-state index in [1.165, 1.54) is 23.6 Å². The summed E-state index contributed by atoms with van der Waals surface area (Å²) in [4.78, 5) is -3.31. The first kappa shape index (κ1) is 114. The van der Waals surface area contributed by atoms with E-state index in [4.69, 9.17) is 0 Å². The number of benzene rings is 7. The number of aryl methyl sites for hydroxylation is 3. The third-order valence-corrected chi connectivity index (χ3v) is 15.4. The lowest BCUT2D eigenvalue weighted by molar-refractivity contribution is -0.562. The molecule has 2 aliphatic heterocycles. The van der Waals surface area contributed by atoms with Crippen LogP contribution >= 0.6 is 0 Å². The molecule has 7 aromatic rings. The number of nitrogens with zero attached hydrogens (tertiary/aromatic N) is 2. The molecule has 9 rings (SSSR count). The maximum Gasteiger partial charge on any atom is 0.439 e. The Balaban J connectivity index is 0.000000725. The molecule has 0 spiro atoms. The molecule has 2 heterocycles. The molecule has 56 heteroatoms. The highest BCUT2D eigenvalue weighted by Gasteiger charge is 2.83. The van der Waals surface area contributed by atoms with Gasteiger partial charge >= 0.3 is 66.7 Å². The number of hydrogen-bond donors (Lipinski definition) is 0. The lowest BCUT2D eigenvalue weighted by Crippen LogP contribution is -2.73. The summed E-state index contributed by atoms with van der Waals surface area (Å²) in [6.45, 7) is 10.3. The van der Waals surface area contributed by atoms with E-state index in [1.54, 1.807) is 0 Å². The smallest absolute Gasteiger partial charge is 0.243 e. The van der Waals surface area contributed by atoms with E-state index in [9.17, 15) is 228 Å². The summed E-state index contributed by atoms with van der Waals surface area (Å²) in [6, 6.07) is -15.4. The molecule has 0 saturated carbocycles.